The molecule has 0 atom stereocenters. The van der Waals surface area contributed by atoms with Gasteiger partial charge < -0.3 is 9.64 Å². The zero-order valence-corrected chi connectivity index (χ0v) is 14.8. The van der Waals surface area contributed by atoms with Crippen LogP contribution in [0.1, 0.15) is 21.6 Å². The Bertz CT molecular complexity index is 972. The predicted molar refractivity (Wildman–Crippen MR) is 93.7 cm³/mol. The van der Waals surface area contributed by atoms with E-state index in [1.807, 2.05) is 0 Å². The van der Waals surface area contributed by atoms with E-state index >= 15 is 0 Å². The molecule has 2 heterocycles. The average molecular weight is 379 g/mol. The van der Waals surface area contributed by atoms with Gasteiger partial charge >= 0.3 is 5.97 Å². The maximum absolute atomic E-state index is 11.8. The quantitative estimate of drug-likeness (QED) is 0.454. The third-order valence-electron chi connectivity index (χ3n) is 4.24. The van der Waals surface area contributed by atoms with Crippen LogP contribution in [0.15, 0.2) is 23.0 Å². The third kappa shape index (κ3) is 3.13. The Labute approximate surface area is 152 Å². The van der Waals surface area contributed by atoms with Crippen LogP contribution >= 0.6 is 11.6 Å². The number of hydrogen-bond donors (Lipinski definition) is 0. The van der Waals surface area contributed by atoms with Gasteiger partial charge in [-0.2, -0.15) is 5.10 Å². The number of nitro benzene ring substituents is 1. The minimum atomic E-state index is -0.749. The van der Waals surface area contributed by atoms with Crippen molar-refractivity contribution in [2.24, 2.45) is 7.05 Å². The number of ether oxygens (including phenoxy) is 1. The Hall–Kier alpha value is -2.94. The summed E-state index contributed by atoms with van der Waals surface area (Å²) in [6.07, 6.45) is 0.525. The van der Waals surface area contributed by atoms with Gasteiger partial charge in [-0.15, -0.1) is 0 Å². The normalized spacial score (nSPS) is 13.3. The molecule has 0 saturated heterocycles. The standard InChI is InChI=1S/C16H15ClN4O5/c1-19-15(22)5-9-8-20(4-3-12(9)18-19)13-7-11(17)10(16(23)26-2)6-14(13)21(24)25/h5-7H,3-4,8H2,1-2H3. The second-order valence-electron chi connectivity index (χ2n) is 5.82. The lowest BCUT2D eigenvalue weighted by atomic mass is 10.0. The molecule has 0 radical (unpaired) electrons. The molecule has 1 aromatic heterocycles. The number of aromatic nitrogens is 2. The molecule has 0 N–H and O–H groups in total. The van der Waals surface area contributed by atoms with E-state index in [2.05, 4.69) is 9.84 Å². The summed E-state index contributed by atoms with van der Waals surface area (Å²) < 4.78 is 5.87. The number of hydrogen-bond acceptors (Lipinski definition) is 7. The van der Waals surface area contributed by atoms with Crippen LogP contribution in [-0.4, -0.2) is 34.3 Å². The Morgan fingerprint density at radius 3 is 2.77 bits per heavy atom. The average Bonchev–Trinajstić information content (AvgIpc) is 2.61. The summed E-state index contributed by atoms with van der Waals surface area (Å²) in [7, 11) is 2.75. The monoisotopic (exact) mass is 378 g/mol. The van der Waals surface area contributed by atoms with E-state index in [1.165, 1.54) is 23.9 Å². The zero-order valence-electron chi connectivity index (χ0n) is 14.1. The second kappa shape index (κ2) is 6.75. The van der Waals surface area contributed by atoms with Crippen LogP contribution in [0.5, 0.6) is 0 Å². The molecule has 1 aliphatic rings. The highest BCUT2D eigenvalue weighted by Crippen LogP contribution is 2.36. The van der Waals surface area contributed by atoms with Crippen molar-refractivity contribution in [1.82, 2.24) is 9.78 Å². The molecule has 0 amide bonds. The van der Waals surface area contributed by atoms with E-state index in [4.69, 9.17) is 11.6 Å². The van der Waals surface area contributed by atoms with Crippen molar-refractivity contribution in [2.45, 2.75) is 13.0 Å². The van der Waals surface area contributed by atoms with Crippen molar-refractivity contribution >= 4 is 28.9 Å². The molecule has 0 saturated carbocycles. The highest BCUT2D eigenvalue weighted by atomic mass is 35.5. The van der Waals surface area contributed by atoms with Crippen LogP contribution in [0, 0.1) is 10.1 Å². The van der Waals surface area contributed by atoms with Gasteiger partial charge in [-0.1, -0.05) is 11.6 Å². The molecule has 0 spiro atoms. The van der Waals surface area contributed by atoms with Crippen molar-refractivity contribution in [1.29, 1.82) is 0 Å². The first-order valence-corrected chi connectivity index (χ1v) is 8.07. The predicted octanol–water partition coefficient (Wildman–Crippen LogP) is 1.69. The van der Waals surface area contributed by atoms with Gasteiger partial charge in [0.1, 0.15) is 5.69 Å². The van der Waals surface area contributed by atoms with Crippen LogP contribution in [0.25, 0.3) is 0 Å². The number of halogens is 1. The number of esters is 1. The van der Waals surface area contributed by atoms with Crippen molar-refractivity contribution < 1.29 is 14.5 Å². The summed E-state index contributed by atoms with van der Waals surface area (Å²) >= 11 is 6.13. The van der Waals surface area contributed by atoms with E-state index in [0.29, 0.717) is 18.5 Å². The number of fused-ring (bicyclic) bond motifs is 1. The van der Waals surface area contributed by atoms with Crippen LogP contribution in [0.4, 0.5) is 11.4 Å². The van der Waals surface area contributed by atoms with Crippen LogP contribution in [0.2, 0.25) is 5.02 Å². The van der Waals surface area contributed by atoms with Gasteiger partial charge in [0.25, 0.3) is 11.2 Å². The highest BCUT2D eigenvalue weighted by molar-refractivity contribution is 6.34. The van der Waals surface area contributed by atoms with Gasteiger partial charge in [0.15, 0.2) is 0 Å². The van der Waals surface area contributed by atoms with Crippen LogP contribution in [-0.2, 0) is 24.8 Å². The molecule has 0 fully saturated rings. The van der Waals surface area contributed by atoms with E-state index in [9.17, 15) is 19.7 Å². The highest BCUT2D eigenvalue weighted by Gasteiger charge is 2.28. The molecule has 0 bridgehead atoms. The maximum atomic E-state index is 11.8. The number of nitro groups is 1. The molecule has 136 valence electrons. The molecule has 0 unspecified atom stereocenters. The van der Waals surface area contributed by atoms with Crippen LogP contribution < -0.4 is 10.5 Å². The maximum Gasteiger partial charge on any atom is 0.339 e. The summed E-state index contributed by atoms with van der Waals surface area (Å²) in [4.78, 5) is 36.2. The first-order chi connectivity index (χ1) is 12.3. The number of aryl methyl sites for hydroxylation is 1. The number of rotatable bonds is 3. The minimum absolute atomic E-state index is 0.0605. The lowest BCUT2D eigenvalue weighted by Crippen LogP contribution is -2.34. The Morgan fingerprint density at radius 2 is 2.12 bits per heavy atom. The number of methoxy groups -OCH3 is 1. The number of nitrogens with zero attached hydrogens (tertiary/aromatic N) is 4. The molecule has 26 heavy (non-hydrogen) atoms. The molecule has 1 aliphatic heterocycles. The van der Waals surface area contributed by atoms with Crippen LogP contribution in [0.3, 0.4) is 0 Å². The van der Waals surface area contributed by atoms with E-state index in [1.54, 1.807) is 11.9 Å². The Balaban J connectivity index is 2.05. The van der Waals surface area contributed by atoms with Gasteiger partial charge in [0.2, 0.25) is 0 Å². The van der Waals surface area contributed by atoms with Gasteiger partial charge in [0, 0.05) is 44.3 Å². The third-order valence-corrected chi connectivity index (χ3v) is 4.56. The molecular formula is C16H15ClN4O5. The fraction of sp³-hybridized carbons (Fsp3) is 0.312. The van der Waals surface area contributed by atoms with Gasteiger partial charge in [-0.05, 0) is 6.07 Å². The fourth-order valence-electron chi connectivity index (χ4n) is 2.92. The van der Waals surface area contributed by atoms with Crippen molar-refractivity contribution in [3.05, 3.63) is 60.5 Å². The second-order valence-corrected chi connectivity index (χ2v) is 6.23. The Kier molecular flexibility index (Phi) is 4.64. The first-order valence-electron chi connectivity index (χ1n) is 7.69. The number of anilines is 1. The van der Waals surface area contributed by atoms with Gasteiger partial charge in [0.05, 0.1) is 28.3 Å². The lowest BCUT2D eigenvalue weighted by Gasteiger charge is -2.30. The molecule has 10 heteroatoms. The summed E-state index contributed by atoms with van der Waals surface area (Å²) in [5.41, 5.74) is 1.19. The lowest BCUT2D eigenvalue weighted by molar-refractivity contribution is -0.384. The summed E-state index contributed by atoms with van der Waals surface area (Å²) in [6, 6.07) is 3.97. The molecule has 3 rings (SSSR count). The van der Waals surface area contributed by atoms with E-state index in [0.717, 1.165) is 11.8 Å². The van der Waals surface area contributed by atoms with Crippen molar-refractivity contribution in [2.75, 3.05) is 18.6 Å². The topological polar surface area (TPSA) is 108 Å². The summed E-state index contributed by atoms with van der Waals surface area (Å²) in [5, 5.41) is 15.8. The fourth-order valence-corrected chi connectivity index (χ4v) is 3.15. The van der Waals surface area contributed by atoms with Crippen molar-refractivity contribution in [3.8, 4) is 0 Å². The molecule has 9 nitrogen and oxygen atoms in total. The number of benzene rings is 1. The van der Waals surface area contributed by atoms with Crippen molar-refractivity contribution in [3.63, 3.8) is 0 Å². The smallest absolute Gasteiger partial charge is 0.339 e. The van der Waals surface area contributed by atoms with Gasteiger partial charge in [-0.25, -0.2) is 9.48 Å². The molecule has 1 aromatic carbocycles. The van der Waals surface area contributed by atoms with E-state index < -0.39 is 10.9 Å². The number of carbonyl (C=O) groups is 1. The van der Waals surface area contributed by atoms with Gasteiger partial charge in [-0.3, -0.25) is 14.9 Å². The molecule has 2 aromatic rings. The summed E-state index contributed by atoms with van der Waals surface area (Å²) in [6.45, 7) is 0.750. The van der Waals surface area contributed by atoms with E-state index in [-0.39, 0.29) is 34.1 Å². The number of carbonyl (C=O) groups excluding carboxylic acids is 1. The molecular weight excluding hydrogens is 364 g/mol. The first kappa shape index (κ1) is 17.9. The summed E-state index contributed by atoms with van der Waals surface area (Å²) in [5.74, 6) is -0.749. The molecule has 0 aliphatic carbocycles. The minimum Gasteiger partial charge on any atom is -0.465 e. The largest absolute Gasteiger partial charge is 0.465 e. The zero-order chi connectivity index (χ0) is 19.0. The Morgan fingerprint density at radius 1 is 1.38 bits per heavy atom. The SMILES string of the molecule is COC(=O)c1cc([N+](=O)[O-])c(N2CCc3nn(C)c(=O)cc3C2)cc1Cl.